The van der Waals surface area contributed by atoms with E-state index < -0.39 is 6.61 Å². The van der Waals surface area contributed by atoms with E-state index in [1.165, 1.54) is 23.9 Å². The molecule has 1 aromatic heterocycles. The number of benzene rings is 2. The van der Waals surface area contributed by atoms with Crippen LogP contribution in [0.2, 0.25) is 0 Å². The summed E-state index contributed by atoms with van der Waals surface area (Å²) in [6.07, 6.45) is 2.31. The molecular weight excluding hydrogens is 436 g/mol. The molecule has 0 aliphatic heterocycles. The van der Waals surface area contributed by atoms with Crippen molar-refractivity contribution in [1.82, 2.24) is 15.1 Å². The quantitative estimate of drug-likeness (QED) is 0.386. The van der Waals surface area contributed by atoms with Crippen LogP contribution in [0.4, 0.5) is 8.78 Å². The maximum absolute atomic E-state index is 13.0. The molecule has 0 radical (unpaired) electrons. The van der Waals surface area contributed by atoms with Gasteiger partial charge in [-0.25, -0.2) is 0 Å². The van der Waals surface area contributed by atoms with Crippen molar-refractivity contribution in [1.29, 1.82) is 0 Å². The van der Waals surface area contributed by atoms with Gasteiger partial charge in [-0.05, 0) is 55.5 Å². The van der Waals surface area contributed by atoms with E-state index in [2.05, 4.69) is 21.9 Å². The Morgan fingerprint density at radius 2 is 1.88 bits per heavy atom. The summed E-state index contributed by atoms with van der Waals surface area (Å²) in [6, 6.07) is 16.1. The molecule has 168 valence electrons. The molecule has 2 aromatic carbocycles. The summed E-state index contributed by atoms with van der Waals surface area (Å²) in [5.74, 6) is 1.06. The van der Waals surface area contributed by atoms with Crippen LogP contribution in [0.15, 0.2) is 64.2 Å². The largest absolute Gasteiger partial charge is 0.435 e. The summed E-state index contributed by atoms with van der Waals surface area (Å²) < 4.78 is 34.5. The highest BCUT2D eigenvalue weighted by molar-refractivity contribution is 7.99. The van der Waals surface area contributed by atoms with Gasteiger partial charge in [0.05, 0.1) is 5.75 Å². The Kier molecular flexibility index (Phi) is 7.04. The lowest BCUT2D eigenvalue weighted by atomic mass is 10.1. The molecule has 0 N–H and O–H groups in total. The van der Waals surface area contributed by atoms with E-state index in [0.717, 1.165) is 18.4 Å². The lowest BCUT2D eigenvalue weighted by molar-refractivity contribution is -0.131. The third-order valence-corrected chi connectivity index (χ3v) is 6.17. The highest BCUT2D eigenvalue weighted by atomic mass is 32.2. The van der Waals surface area contributed by atoms with Gasteiger partial charge in [0.25, 0.3) is 5.22 Å². The van der Waals surface area contributed by atoms with E-state index in [0.29, 0.717) is 18.0 Å². The second-order valence-electron chi connectivity index (χ2n) is 7.65. The van der Waals surface area contributed by atoms with Crippen LogP contribution < -0.4 is 4.74 Å². The van der Waals surface area contributed by atoms with Crippen molar-refractivity contribution >= 4 is 17.7 Å². The van der Waals surface area contributed by atoms with Gasteiger partial charge in [-0.15, -0.1) is 10.2 Å². The number of aromatic nitrogens is 2. The van der Waals surface area contributed by atoms with Crippen LogP contribution in [0.25, 0.3) is 11.5 Å². The van der Waals surface area contributed by atoms with E-state index in [9.17, 15) is 13.6 Å². The van der Waals surface area contributed by atoms with Gasteiger partial charge in [-0.2, -0.15) is 8.78 Å². The molecule has 1 heterocycles. The normalized spacial score (nSPS) is 14.4. The fraction of sp³-hybridized carbons (Fsp3) is 0.348. The van der Waals surface area contributed by atoms with Crippen LogP contribution in [0, 0.1) is 5.92 Å². The Balaban J connectivity index is 1.37. The fourth-order valence-electron chi connectivity index (χ4n) is 3.44. The van der Waals surface area contributed by atoms with E-state index in [4.69, 9.17) is 4.42 Å². The van der Waals surface area contributed by atoms with Gasteiger partial charge in [0, 0.05) is 18.2 Å². The number of thioether (sulfide) groups is 1. The van der Waals surface area contributed by atoms with Crippen LogP contribution in [0.1, 0.15) is 25.3 Å². The molecule has 0 saturated heterocycles. The SMILES string of the molecule is CC(C1CC1)N(Cc1ccccc1)C(=O)CSc1nnc(-c2ccc(OC(F)F)cc2)o1. The minimum Gasteiger partial charge on any atom is -0.435 e. The minimum atomic E-state index is -2.88. The van der Waals surface area contributed by atoms with Crippen LogP contribution in [0.3, 0.4) is 0 Å². The predicted octanol–water partition coefficient (Wildman–Crippen LogP) is 5.26. The van der Waals surface area contributed by atoms with E-state index in [1.807, 2.05) is 35.2 Å². The van der Waals surface area contributed by atoms with E-state index in [-0.39, 0.29) is 34.6 Å². The molecule has 1 aliphatic rings. The van der Waals surface area contributed by atoms with Gasteiger partial charge in [-0.3, -0.25) is 4.79 Å². The Morgan fingerprint density at radius 3 is 2.53 bits per heavy atom. The van der Waals surface area contributed by atoms with Crippen LogP contribution in [-0.4, -0.2) is 39.4 Å². The summed E-state index contributed by atoms with van der Waals surface area (Å²) in [5, 5.41) is 8.26. The van der Waals surface area contributed by atoms with Crippen molar-refractivity contribution in [3.8, 4) is 17.2 Å². The molecule has 1 atom stereocenters. The highest BCUT2D eigenvalue weighted by Gasteiger charge is 2.34. The Bertz CT molecular complexity index is 1030. The van der Waals surface area contributed by atoms with Gasteiger partial charge >= 0.3 is 6.61 Å². The maximum Gasteiger partial charge on any atom is 0.387 e. The van der Waals surface area contributed by atoms with E-state index in [1.54, 1.807) is 12.1 Å². The number of carbonyl (C=O) groups is 1. The lowest BCUT2D eigenvalue weighted by Gasteiger charge is -2.29. The first kappa shape index (κ1) is 22.3. The molecule has 9 heteroatoms. The first-order valence-corrected chi connectivity index (χ1v) is 11.3. The lowest BCUT2D eigenvalue weighted by Crippen LogP contribution is -2.40. The molecular formula is C23H23F2N3O3S. The highest BCUT2D eigenvalue weighted by Crippen LogP contribution is 2.36. The second kappa shape index (κ2) is 10.1. The second-order valence-corrected chi connectivity index (χ2v) is 8.58. The number of rotatable bonds is 10. The molecule has 6 nitrogen and oxygen atoms in total. The first-order chi connectivity index (χ1) is 15.5. The van der Waals surface area contributed by atoms with Crippen molar-refractivity contribution in [2.75, 3.05) is 5.75 Å². The number of nitrogens with zero attached hydrogens (tertiary/aromatic N) is 3. The zero-order chi connectivity index (χ0) is 22.5. The topological polar surface area (TPSA) is 68.5 Å². The summed E-state index contributed by atoms with van der Waals surface area (Å²) in [5.41, 5.74) is 1.67. The maximum atomic E-state index is 13.0. The van der Waals surface area contributed by atoms with Gasteiger partial charge in [-0.1, -0.05) is 42.1 Å². The molecule has 1 unspecified atom stereocenters. The number of carbonyl (C=O) groups excluding carboxylic acids is 1. The molecule has 1 amide bonds. The van der Waals surface area contributed by atoms with E-state index >= 15 is 0 Å². The van der Waals surface area contributed by atoms with Crippen molar-refractivity contribution in [3.05, 3.63) is 60.2 Å². The summed E-state index contributed by atoms with van der Waals surface area (Å²) in [4.78, 5) is 15.0. The molecule has 0 spiro atoms. The van der Waals surface area contributed by atoms with Crippen molar-refractivity contribution in [3.63, 3.8) is 0 Å². The number of ether oxygens (including phenoxy) is 1. The zero-order valence-corrected chi connectivity index (χ0v) is 18.3. The van der Waals surface area contributed by atoms with Crippen LogP contribution in [0.5, 0.6) is 5.75 Å². The monoisotopic (exact) mass is 459 g/mol. The predicted molar refractivity (Wildman–Crippen MR) is 116 cm³/mol. The number of hydrogen-bond acceptors (Lipinski definition) is 6. The van der Waals surface area contributed by atoms with Gasteiger partial charge < -0.3 is 14.1 Å². The Morgan fingerprint density at radius 1 is 1.16 bits per heavy atom. The molecule has 1 aliphatic carbocycles. The number of hydrogen-bond donors (Lipinski definition) is 0. The van der Waals surface area contributed by atoms with Crippen molar-refractivity contribution in [2.24, 2.45) is 5.92 Å². The zero-order valence-electron chi connectivity index (χ0n) is 17.5. The van der Waals surface area contributed by atoms with Crippen LogP contribution in [-0.2, 0) is 11.3 Å². The Hall–Kier alpha value is -2.94. The minimum absolute atomic E-state index is 0.0199. The summed E-state index contributed by atoms with van der Waals surface area (Å²) in [7, 11) is 0. The number of alkyl halides is 2. The summed E-state index contributed by atoms with van der Waals surface area (Å²) in [6.45, 7) is -0.205. The number of halogens is 2. The standard InChI is InChI=1S/C23H23F2N3O3S/c1-15(17-7-8-17)28(13-16-5-3-2-4-6-16)20(29)14-32-23-27-26-21(31-23)18-9-11-19(12-10-18)30-22(24)25/h2-6,9-12,15,17,22H,7-8,13-14H2,1H3. The van der Waals surface area contributed by atoms with Crippen molar-refractivity contribution in [2.45, 2.75) is 44.2 Å². The van der Waals surface area contributed by atoms with Gasteiger partial charge in [0.1, 0.15) is 5.75 Å². The van der Waals surface area contributed by atoms with Gasteiger partial charge in [0.15, 0.2) is 0 Å². The van der Waals surface area contributed by atoms with Gasteiger partial charge in [0.2, 0.25) is 11.8 Å². The molecule has 1 saturated carbocycles. The molecule has 0 bridgehead atoms. The van der Waals surface area contributed by atoms with Crippen LogP contribution >= 0.6 is 11.8 Å². The average Bonchev–Trinajstić information content (AvgIpc) is 3.54. The fourth-order valence-corrected chi connectivity index (χ4v) is 4.09. The van der Waals surface area contributed by atoms with Crippen molar-refractivity contribution < 1.29 is 22.7 Å². The average molecular weight is 460 g/mol. The molecule has 1 fully saturated rings. The third-order valence-electron chi connectivity index (χ3n) is 5.36. The summed E-state index contributed by atoms with van der Waals surface area (Å²) >= 11 is 1.19. The molecule has 3 aromatic rings. The smallest absolute Gasteiger partial charge is 0.387 e. The Labute approximate surface area is 189 Å². The third kappa shape index (κ3) is 5.85. The molecule has 32 heavy (non-hydrogen) atoms. The number of amides is 1. The molecule has 4 rings (SSSR count). The first-order valence-electron chi connectivity index (χ1n) is 10.3.